The minimum atomic E-state index is -0.720. The summed E-state index contributed by atoms with van der Waals surface area (Å²) in [6.45, 7) is 4.18. The molecule has 1 heterocycles. The van der Waals surface area contributed by atoms with Crippen molar-refractivity contribution in [3.8, 4) is 0 Å². The van der Waals surface area contributed by atoms with Crippen LogP contribution in [0.15, 0.2) is 18.2 Å². The Morgan fingerprint density at radius 2 is 2.28 bits per heavy atom. The second kappa shape index (κ2) is 5.80. The van der Waals surface area contributed by atoms with Gasteiger partial charge in [0.25, 0.3) is 0 Å². The molecule has 18 heavy (non-hydrogen) atoms. The van der Waals surface area contributed by atoms with Gasteiger partial charge in [-0.05, 0) is 31.9 Å². The summed E-state index contributed by atoms with van der Waals surface area (Å²) in [5, 5.41) is 4.34. The summed E-state index contributed by atoms with van der Waals surface area (Å²) in [5.74, 6) is 0.734. The monoisotopic (exact) mass is 282 g/mol. The van der Waals surface area contributed by atoms with Gasteiger partial charge in [-0.25, -0.2) is 4.98 Å². The minimum absolute atomic E-state index is 0.301. The van der Waals surface area contributed by atoms with Crippen LogP contribution in [0.4, 0.5) is 5.13 Å². The number of aryl methyl sites for hydroxylation is 1. The molecule has 0 bridgehead atoms. The molecule has 0 aliphatic rings. The predicted molar refractivity (Wildman–Crippen MR) is 81.0 cm³/mol. The highest BCUT2D eigenvalue weighted by Crippen LogP contribution is 2.28. The minimum Gasteiger partial charge on any atom is -0.359 e. The zero-order chi connectivity index (χ0) is 13.1. The van der Waals surface area contributed by atoms with E-state index in [1.54, 1.807) is 17.6 Å². The lowest BCUT2D eigenvalue weighted by molar-refractivity contribution is 0.678. The van der Waals surface area contributed by atoms with E-state index in [2.05, 4.69) is 42.3 Å². The lowest BCUT2D eigenvalue weighted by Gasteiger charge is -2.11. The van der Waals surface area contributed by atoms with Gasteiger partial charge in [-0.2, -0.15) is 0 Å². The van der Waals surface area contributed by atoms with Crippen LogP contribution in [0.1, 0.15) is 18.9 Å². The number of thiazole rings is 1. The topological polar surface area (TPSA) is 42.0 Å². The summed E-state index contributed by atoms with van der Waals surface area (Å²) in [7, 11) is -0.720. The number of nitrogens with one attached hydrogen (secondary N) is 1. The fourth-order valence-electron chi connectivity index (χ4n) is 1.77. The summed E-state index contributed by atoms with van der Waals surface area (Å²) in [4.78, 5) is 4.61. The Morgan fingerprint density at radius 3 is 2.94 bits per heavy atom. The molecule has 1 aromatic heterocycles. The highest BCUT2D eigenvalue weighted by molar-refractivity contribution is 7.84. The number of rotatable bonds is 5. The van der Waals surface area contributed by atoms with Crippen LogP contribution < -0.4 is 5.32 Å². The molecule has 0 spiro atoms. The van der Waals surface area contributed by atoms with Crippen molar-refractivity contribution < 1.29 is 4.21 Å². The number of hydrogen-bond acceptors (Lipinski definition) is 4. The molecule has 0 aliphatic carbocycles. The molecule has 2 unspecified atom stereocenters. The fraction of sp³-hybridized carbons (Fsp3) is 0.462. The zero-order valence-corrected chi connectivity index (χ0v) is 12.5. The van der Waals surface area contributed by atoms with Gasteiger partial charge >= 0.3 is 0 Å². The van der Waals surface area contributed by atoms with Gasteiger partial charge in [-0.3, -0.25) is 4.21 Å². The van der Waals surface area contributed by atoms with Gasteiger partial charge in [0, 0.05) is 28.9 Å². The molecule has 0 saturated carbocycles. The molecule has 0 radical (unpaired) electrons. The Kier molecular flexibility index (Phi) is 4.35. The van der Waals surface area contributed by atoms with Gasteiger partial charge in [0.2, 0.25) is 0 Å². The molecule has 0 aliphatic heterocycles. The van der Waals surface area contributed by atoms with Crippen LogP contribution in [0, 0.1) is 6.92 Å². The Bertz CT molecular complexity index is 565. The molecule has 2 atom stereocenters. The molecular weight excluding hydrogens is 264 g/mol. The number of aromatic nitrogens is 1. The molecule has 0 fully saturated rings. The Balaban J connectivity index is 2.08. The maximum Gasteiger partial charge on any atom is 0.184 e. The van der Waals surface area contributed by atoms with Crippen LogP contribution in [0.3, 0.4) is 0 Å². The Morgan fingerprint density at radius 1 is 1.50 bits per heavy atom. The maximum absolute atomic E-state index is 11.1. The van der Waals surface area contributed by atoms with Crippen LogP contribution in [0.2, 0.25) is 0 Å². The third-order valence-corrected chi connectivity index (χ3v) is 4.59. The van der Waals surface area contributed by atoms with Gasteiger partial charge in [0.15, 0.2) is 5.13 Å². The van der Waals surface area contributed by atoms with E-state index in [0.29, 0.717) is 6.04 Å². The van der Waals surface area contributed by atoms with Gasteiger partial charge in [0.05, 0.1) is 10.2 Å². The number of hydrogen-bond donors (Lipinski definition) is 1. The van der Waals surface area contributed by atoms with E-state index in [9.17, 15) is 4.21 Å². The first-order valence-corrected chi connectivity index (χ1v) is 8.53. The number of para-hydroxylation sites is 1. The summed E-state index contributed by atoms with van der Waals surface area (Å²) >= 11 is 1.68. The maximum atomic E-state index is 11.1. The first kappa shape index (κ1) is 13.5. The van der Waals surface area contributed by atoms with Gasteiger partial charge in [-0.15, -0.1) is 0 Å². The van der Waals surface area contributed by atoms with Crippen LogP contribution in [-0.2, 0) is 10.8 Å². The average Bonchev–Trinajstić information content (AvgIpc) is 2.70. The second-order valence-corrected chi connectivity index (χ2v) is 7.14. The molecule has 1 aromatic carbocycles. The number of nitrogens with zero attached hydrogens (tertiary/aromatic N) is 1. The van der Waals surface area contributed by atoms with Crippen molar-refractivity contribution in [2.24, 2.45) is 0 Å². The van der Waals surface area contributed by atoms with E-state index in [1.807, 2.05) is 0 Å². The first-order chi connectivity index (χ1) is 8.56. The van der Waals surface area contributed by atoms with E-state index >= 15 is 0 Å². The molecule has 2 rings (SSSR count). The van der Waals surface area contributed by atoms with Crippen LogP contribution in [0.5, 0.6) is 0 Å². The van der Waals surface area contributed by atoms with Crippen LogP contribution >= 0.6 is 11.3 Å². The van der Waals surface area contributed by atoms with E-state index in [-0.39, 0.29) is 0 Å². The Labute approximate surface area is 114 Å². The van der Waals surface area contributed by atoms with E-state index in [0.717, 1.165) is 22.8 Å². The number of anilines is 1. The molecular formula is C13H18N2OS2. The standard InChI is InChI=1S/C13H18N2OS2/c1-9-5-4-6-11-12(9)15-13(17-11)14-10(2)7-8-18(3)16/h4-6,10H,7-8H2,1-3H3,(H,14,15). The molecule has 0 saturated heterocycles. The zero-order valence-electron chi connectivity index (χ0n) is 10.9. The smallest absolute Gasteiger partial charge is 0.184 e. The first-order valence-electron chi connectivity index (χ1n) is 5.99. The molecule has 2 aromatic rings. The van der Waals surface area contributed by atoms with Crippen molar-refractivity contribution in [1.82, 2.24) is 4.98 Å². The average molecular weight is 282 g/mol. The third-order valence-electron chi connectivity index (χ3n) is 2.83. The van der Waals surface area contributed by atoms with Gasteiger partial charge in [0.1, 0.15) is 0 Å². The molecule has 3 nitrogen and oxygen atoms in total. The quantitative estimate of drug-likeness (QED) is 0.916. The van der Waals surface area contributed by atoms with E-state index in [1.165, 1.54) is 10.3 Å². The van der Waals surface area contributed by atoms with Crippen molar-refractivity contribution >= 4 is 37.5 Å². The van der Waals surface area contributed by atoms with Crippen LogP contribution in [-0.4, -0.2) is 27.2 Å². The summed E-state index contributed by atoms with van der Waals surface area (Å²) < 4.78 is 12.3. The molecule has 1 N–H and O–H groups in total. The van der Waals surface area contributed by atoms with Crippen molar-refractivity contribution in [3.63, 3.8) is 0 Å². The number of benzene rings is 1. The highest BCUT2D eigenvalue weighted by Gasteiger charge is 2.08. The van der Waals surface area contributed by atoms with Crippen molar-refractivity contribution in [2.45, 2.75) is 26.3 Å². The van der Waals surface area contributed by atoms with Crippen molar-refractivity contribution in [2.75, 3.05) is 17.3 Å². The SMILES string of the molecule is Cc1cccc2sc(NC(C)CCS(C)=O)nc12. The van der Waals surface area contributed by atoms with E-state index < -0.39 is 10.8 Å². The summed E-state index contributed by atoms with van der Waals surface area (Å²) in [6, 6.07) is 6.53. The number of fused-ring (bicyclic) bond motifs is 1. The lowest BCUT2D eigenvalue weighted by atomic mass is 10.2. The van der Waals surface area contributed by atoms with Crippen LogP contribution in [0.25, 0.3) is 10.2 Å². The normalized spacial score (nSPS) is 14.6. The Hall–Kier alpha value is -0.940. The molecule has 98 valence electrons. The second-order valence-electron chi connectivity index (χ2n) is 4.55. The summed E-state index contributed by atoms with van der Waals surface area (Å²) in [5.41, 5.74) is 2.29. The lowest BCUT2D eigenvalue weighted by Crippen LogP contribution is -2.17. The molecule has 0 amide bonds. The van der Waals surface area contributed by atoms with E-state index in [4.69, 9.17) is 0 Å². The van der Waals surface area contributed by atoms with Crippen molar-refractivity contribution in [3.05, 3.63) is 23.8 Å². The fourth-order valence-corrected chi connectivity index (χ4v) is 3.51. The molecule has 5 heteroatoms. The highest BCUT2D eigenvalue weighted by atomic mass is 32.2. The third kappa shape index (κ3) is 3.29. The van der Waals surface area contributed by atoms with Gasteiger partial charge in [-0.1, -0.05) is 23.5 Å². The summed E-state index contributed by atoms with van der Waals surface area (Å²) in [6.07, 6.45) is 2.64. The van der Waals surface area contributed by atoms with Gasteiger partial charge < -0.3 is 5.32 Å². The predicted octanol–water partition coefficient (Wildman–Crippen LogP) is 3.17. The largest absolute Gasteiger partial charge is 0.359 e. The van der Waals surface area contributed by atoms with Crippen molar-refractivity contribution in [1.29, 1.82) is 0 Å².